The van der Waals surface area contributed by atoms with Gasteiger partial charge >= 0.3 is 0 Å². The molecular formula is C16H19N3O3. The van der Waals surface area contributed by atoms with E-state index < -0.39 is 0 Å². The Morgan fingerprint density at radius 1 is 1.36 bits per heavy atom. The highest BCUT2D eigenvalue weighted by molar-refractivity contribution is 5.97. The molecule has 1 saturated heterocycles. The molecule has 22 heavy (non-hydrogen) atoms. The highest BCUT2D eigenvalue weighted by atomic mass is 16.5. The lowest BCUT2D eigenvalue weighted by atomic mass is 10.1. The summed E-state index contributed by atoms with van der Waals surface area (Å²) in [5.74, 6) is 0.366. The Balaban J connectivity index is 2.11. The number of carbonyl (C=O) groups is 1. The van der Waals surface area contributed by atoms with Crippen LogP contribution in [0.15, 0.2) is 30.5 Å². The van der Waals surface area contributed by atoms with Gasteiger partial charge in [-0.3, -0.25) is 9.78 Å². The van der Waals surface area contributed by atoms with Crippen LogP contribution in [-0.2, 0) is 9.53 Å². The summed E-state index contributed by atoms with van der Waals surface area (Å²) in [7, 11) is 3.27. The molecule has 2 heterocycles. The second-order valence-electron chi connectivity index (χ2n) is 5.35. The van der Waals surface area contributed by atoms with Crippen LogP contribution < -0.4 is 15.4 Å². The van der Waals surface area contributed by atoms with Crippen molar-refractivity contribution in [3.05, 3.63) is 30.5 Å². The molecule has 1 aliphatic heterocycles. The zero-order valence-electron chi connectivity index (χ0n) is 12.7. The molecule has 6 heteroatoms. The summed E-state index contributed by atoms with van der Waals surface area (Å²) in [6.45, 7) is 0.625. The zero-order chi connectivity index (χ0) is 15.7. The fourth-order valence-corrected chi connectivity index (χ4v) is 3.05. The minimum Gasteiger partial charge on any atom is -0.494 e. The topological polar surface area (TPSA) is 77.7 Å². The van der Waals surface area contributed by atoms with Crippen molar-refractivity contribution in [2.45, 2.75) is 18.6 Å². The third kappa shape index (κ3) is 2.35. The third-order valence-corrected chi connectivity index (χ3v) is 4.16. The second kappa shape index (κ2) is 5.81. The number of fused-ring (bicyclic) bond motifs is 1. The Morgan fingerprint density at radius 3 is 2.86 bits per heavy atom. The van der Waals surface area contributed by atoms with Gasteiger partial charge in [0.05, 0.1) is 13.2 Å². The standard InChI is InChI=1S/C16H19N3O3/c1-21-10-8-13(16(17)20)19(9-10)12-6-7-18-15-11(12)4-3-5-14(15)22-2/h3-7,10,13H,8-9H2,1-2H3,(H2,17,20)/t10-,13-/m0/s1. The van der Waals surface area contributed by atoms with Crippen molar-refractivity contribution in [2.24, 2.45) is 5.73 Å². The predicted octanol–water partition coefficient (Wildman–Crippen LogP) is 1.32. The van der Waals surface area contributed by atoms with E-state index in [9.17, 15) is 4.79 Å². The van der Waals surface area contributed by atoms with E-state index in [0.717, 1.165) is 16.6 Å². The first-order chi connectivity index (χ1) is 10.7. The highest BCUT2D eigenvalue weighted by Gasteiger charge is 2.36. The summed E-state index contributed by atoms with van der Waals surface area (Å²) in [6, 6.07) is 7.28. The summed E-state index contributed by atoms with van der Waals surface area (Å²) in [4.78, 5) is 18.2. The number of nitrogens with zero attached hydrogens (tertiary/aromatic N) is 2. The smallest absolute Gasteiger partial charge is 0.240 e. The van der Waals surface area contributed by atoms with Crippen LogP contribution in [0.4, 0.5) is 5.69 Å². The molecule has 2 N–H and O–H groups in total. The first-order valence-corrected chi connectivity index (χ1v) is 7.16. The van der Waals surface area contributed by atoms with E-state index in [0.29, 0.717) is 18.7 Å². The van der Waals surface area contributed by atoms with Crippen LogP contribution in [0.5, 0.6) is 5.75 Å². The number of hydrogen-bond acceptors (Lipinski definition) is 5. The summed E-state index contributed by atoms with van der Waals surface area (Å²) in [6.07, 6.45) is 2.31. The maximum atomic E-state index is 11.8. The summed E-state index contributed by atoms with van der Waals surface area (Å²) < 4.78 is 10.8. The molecule has 1 fully saturated rings. The van der Waals surface area contributed by atoms with Crippen LogP contribution in [0.2, 0.25) is 0 Å². The number of anilines is 1. The Morgan fingerprint density at radius 2 is 2.18 bits per heavy atom. The zero-order valence-corrected chi connectivity index (χ0v) is 12.7. The van der Waals surface area contributed by atoms with Gasteiger partial charge in [-0.1, -0.05) is 12.1 Å². The van der Waals surface area contributed by atoms with Gasteiger partial charge in [0.1, 0.15) is 17.3 Å². The van der Waals surface area contributed by atoms with Gasteiger partial charge in [-0.2, -0.15) is 0 Å². The Bertz CT molecular complexity index is 704. The largest absolute Gasteiger partial charge is 0.494 e. The molecule has 1 aromatic heterocycles. The molecule has 2 atom stereocenters. The van der Waals surface area contributed by atoms with E-state index in [2.05, 4.69) is 4.98 Å². The molecule has 0 radical (unpaired) electrons. The first-order valence-electron chi connectivity index (χ1n) is 7.16. The normalized spacial score (nSPS) is 21.3. The molecule has 0 aliphatic carbocycles. The van der Waals surface area contributed by atoms with Gasteiger partial charge in [0.15, 0.2) is 0 Å². The van der Waals surface area contributed by atoms with Gasteiger partial charge < -0.3 is 20.1 Å². The number of ether oxygens (including phenoxy) is 2. The van der Waals surface area contributed by atoms with Crippen LogP contribution in [0, 0.1) is 0 Å². The van der Waals surface area contributed by atoms with Gasteiger partial charge in [0.25, 0.3) is 0 Å². The van der Waals surface area contributed by atoms with Crippen LogP contribution >= 0.6 is 0 Å². The number of pyridine rings is 1. The molecule has 0 spiro atoms. The molecule has 1 aromatic carbocycles. The summed E-state index contributed by atoms with van der Waals surface area (Å²) in [5, 5.41) is 0.935. The number of aromatic nitrogens is 1. The number of para-hydroxylation sites is 1. The van der Waals surface area contributed by atoms with E-state index >= 15 is 0 Å². The van der Waals surface area contributed by atoms with Crippen LogP contribution in [0.25, 0.3) is 10.9 Å². The number of rotatable bonds is 4. The number of carbonyl (C=O) groups excluding carboxylic acids is 1. The number of amides is 1. The van der Waals surface area contributed by atoms with E-state index in [4.69, 9.17) is 15.2 Å². The number of methoxy groups -OCH3 is 2. The summed E-state index contributed by atoms with van der Waals surface area (Å²) >= 11 is 0. The monoisotopic (exact) mass is 301 g/mol. The summed E-state index contributed by atoms with van der Waals surface area (Å²) in [5.41, 5.74) is 7.26. The van der Waals surface area contributed by atoms with Crippen molar-refractivity contribution < 1.29 is 14.3 Å². The molecule has 0 unspecified atom stereocenters. The molecule has 116 valence electrons. The van der Waals surface area contributed by atoms with Crippen molar-refractivity contribution in [2.75, 3.05) is 25.7 Å². The Kier molecular flexibility index (Phi) is 3.85. The van der Waals surface area contributed by atoms with E-state index in [1.807, 2.05) is 29.2 Å². The molecule has 0 saturated carbocycles. The molecule has 0 bridgehead atoms. The minimum atomic E-state index is -0.373. The number of primary amides is 1. The molecule has 1 aliphatic rings. The van der Waals surface area contributed by atoms with E-state index in [1.165, 1.54) is 0 Å². The van der Waals surface area contributed by atoms with Gasteiger partial charge in [0.2, 0.25) is 5.91 Å². The third-order valence-electron chi connectivity index (χ3n) is 4.16. The lowest BCUT2D eigenvalue weighted by Crippen LogP contribution is -2.40. The first kappa shape index (κ1) is 14.6. The average molecular weight is 301 g/mol. The SMILES string of the molecule is COc1cccc2c(N3C[C@@H](OC)C[C@H]3C(N)=O)ccnc12. The van der Waals surface area contributed by atoms with E-state index in [1.54, 1.807) is 20.4 Å². The van der Waals surface area contributed by atoms with Gasteiger partial charge in [0, 0.05) is 37.3 Å². The molecule has 2 aromatic rings. The Hall–Kier alpha value is -2.34. The average Bonchev–Trinajstić information content (AvgIpc) is 2.98. The lowest BCUT2D eigenvalue weighted by molar-refractivity contribution is -0.119. The molecular weight excluding hydrogens is 282 g/mol. The van der Waals surface area contributed by atoms with Gasteiger partial charge in [-0.15, -0.1) is 0 Å². The number of nitrogens with two attached hydrogens (primary N) is 1. The van der Waals surface area contributed by atoms with Crippen molar-refractivity contribution in [1.82, 2.24) is 4.98 Å². The fourth-order valence-electron chi connectivity index (χ4n) is 3.05. The lowest BCUT2D eigenvalue weighted by Gasteiger charge is -2.25. The van der Waals surface area contributed by atoms with E-state index in [-0.39, 0.29) is 18.1 Å². The highest BCUT2D eigenvalue weighted by Crippen LogP contribution is 2.35. The maximum Gasteiger partial charge on any atom is 0.240 e. The Labute approximate surface area is 128 Å². The quantitative estimate of drug-likeness (QED) is 0.921. The van der Waals surface area contributed by atoms with Crippen molar-refractivity contribution in [1.29, 1.82) is 0 Å². The second-order valence-corrected chi connectivity index (χ2v) is 5.35. The molecule has 3 rings (SSSR count). The van der Waals surface area contributed by atoms with Crippen LogP contribution in [-0.4, -0.2) is 43.8 Å². The molecule has 1 amide bonds. The van der Waals surface area contributed by atoms with Gasteiger partial charge in [-0.05, 0) is 12.1 Å². The van der Waals surface area contributed by atoms with Crippen LogP contribution in [0.1, 0.15) is 6.42 Å². The van der Waals surface area contributed by atoms with Crippen molar-refractivity contribution in [3.63, 3.8) is 0 Å². The molecule has 6 nitrogen and oxygen atoms in total. The van der Waals surface area contributed by atoms with Crippen molar-refractivity contribution in [3.8, 4) is 5.75 Å². The fraction of sp³-hybridized carbons (Fsp3) is 0.375. The maximum absolute atomic E-state index is 11.8. The van der Waals surface area contributed by atoms with Crippen LogP contribution in [0.3, 0.4) is 0 Å². The number of hydrogen-bond donors (Lipinski definition) is 1. The minimum absolute atomic E-state index is 0.00803. The number of benzene rings is 1. The van der Waals surface area contributed by atoms with Crippen molar-refractivity contribution >= 4 is 22.5 Å². The predicted molar refractivity (Wildman–Crippen MR) is 84.0 cm³/mol. The van der Waals surface area contributed by atoms with Gasteiger partial charge in [-0.25, -0.2) is 0 Å².